The van der Waals surface area contributed by atoms with Gasteiger partial charge in [0.15, 0.2) is 0 Å². The number of amides is 1. The van der Waals surface area contributed by atoms with Gasteiger partial charge in [0, 0.05) is 6.54 Å². The van der Waals surface area contributed by atoms with Gasteiger partial charge in [-0.15, -0.1) is 0 Å². The van der Waals surface area contributed by atoms with Gasteiger partial charge in [-0.2, -0.15) is 5.10 Å². The second-order valence-corrected chi connectivity index (χ2v) is 7.68. The maximum Gasteiger partial charge on any atom is 0.241 e. The summed E-state index contributed by atoms with van der Waals surface area (Å²) in [4.78, 5) is 20.3. The van der Waals surface area contributed by atoms with Crippen LogP contribution in [-0.2, 0) is 11.3 Å². The summed E-state index contributed by atoms with van der Waals surface area (Å²) in [6, 6.07) is -0.106. The summed E-state index contributed by atoms with van der Waals surface area (Å²) < 4.78 is 1.92. The van der Waals surface area contributed by atoms with Crippen LogP contribution in [0.25, 0.3) is 0 Å². The highest BCUT2D eigenvalue weighted by atomic mass is 16.2. The second-order valence-electron chi connectivity index (χ2n) is 7.68. The minimum absolute atomic E-state index is 0.106. The van der Waals surface area contributed by atoms with Crippen molar-refractivity contribution in [2.45, 2.75) is 89.8 Å². The molecule has 1 N–H and O–H groups in total. The van der Waals surface area contributed by atoms with Gasteiger partial charge in [-0.05, 0) is 52.1 Å². The Morgan fingerprint density at radius 2 is 1.88 bits per heavy atom. The molecule has 0 spiro atoms. The van der Waals surface area contributed by atoms with Crippen LogP contribution in [0.5, 0.6) is 0 Å². The molecule has 1 saturated carbocycles. The lowest BCUT2D eigenvalue weighted by Gasteiger charge is -2.47. The van der Waals surface area contributed by atoms with Crippen LogP contribution in [-0.4, -0.2) is 44.2 Å². The zero-order valence-electron chi connectivity index (χ0n) is 15.8. The number of hydrogen-bond acceptors (Lipinski definition) is 4. The first-order valence-electron chi connectivity index (χ1n) is 10.1. The summed E-state index contributed by atoms with van der Waals surface area (Å²) in [7, 11) is 0. The predicted octanol–water partition coefficient (Wildman–Crippen LogP) is 3.05. The van der Waals surface area contributed by atoms with Crippen molar-refractivity contribution < 1.29 is 4.79 Å². The van der Waals surface area contributed by atoms with Crippen LogP contribution in [0.4, 0.5) is 0 Å². The average Bonchev–Trinajstić information content (AvgIpc) is 3.12. The minimum atomic E-state index is -0.303. The second kappa shape index (κ2) is 8.30. The maximum absolute atomic E-state index is 13.4. The highest BCUT2D eigenvalue weighted by Crippen LogP contribution is 2.36. The van der Waals surface area contributed by atoms with Crippen molar-refractivity contribution in [1.82, 2.24) is 25.0 Å². The molecule has 6 nitrogen and oxygen atoms in total. The Bertz CT molecular complexity index is 558. The largest absolute Gasteiger partial charge is 0.345 e. The Balaban J connectivity index is 1.74. The molecule has 1 atom stereocenters. The molecule has 2 fully saturated rings. The summed E-state index contributed by atoms with van der Waals surface area (Å²) >= 11 is 0. The number of hydrogen-bond donors (Lipinski definition) is 1. The van der Waals surface area contributed by atoms with Crippen LogP contribution < -0.4 is 5.32 Å². The van der Waals surface area contributed by atoms with E-state index >= 15 is 0 Å². The summed E-state index contributed by atoms with van der Waals surface area (Å²) in [5.41, 5.74) is -0.303. The van der Waals surface area contributed by atoms with Crippen LogP contribution in [0.2, 0.25) is 0 Å². The number of carbonyl (C=O) groups is 1. The Kier molecular flexibility index (Phi) is 6.10. The summed E-state index contributed by atoms with van der Waals surface area (Å²) in [5.74, 6) is 1.06. The van der Waals surface area contributed by atoms with Gasteiger partial charge >= 0.3 is 0 Å². The molecular weight excluding hydrogens is 314 g/mol. The Morgan fingerprint density at radius 1 is 1.20 bits per heavy atom. The number of likely N-dealkylation sites (tertiary alicyclic amines) is 1. The van der Waals surface area contributed by atoms with E-state index in [-0.39, 0.29) is 17.5 Å². The van der Waals surface area contributed by atoms with Gasteiger partial charge in [-0.1, -0.05) is 32.6 Å². The Hall–Kier alpha value is -1.43. The van der Waals surface area contributed by atoms with E-state index in [1.807, 2.05) is 11.6 Å². The van der Waals surface area contributed by atoms with Crippen LogP contribution in [0.1, 0.15) is 83.5 Å². The number of nitrogens with one attached hydrogen (secondary N) is 1. The molecule has 0 bridgehead atoms. The van der Waals surface area contributed by atoms with Crippen molar-refractivity contribution in [3.8, 4) is 0 Å². The molecule has 3 rings (SSSR count). The van der Waals surface area contributed by atoms with E-state index in [4.69, 9.17) is 0 Å². The van der Waals surface area contributed by atoms with Crippen LogP contribution in [0.3, 0.4) is 0 Å². The lowest BCUT2D eigenvalue weighted by atomic mass is 9.78. The summed E-state index contributed by atoms with van der Waals surface area (Å²) in [5, 5.41) is 7.58. The molecule has 1 unspecified atom stereocenters. The quantitative estimate of drug-likeness (QED) is 0.859. The monoisotopic (exact) mass is 347 g/mol. The molecule has 140 valence electrons. The minimum Gasteiger partial charge on any atom is -0.345 e. The zero-order valence-corrected chi connectivity index (χ0v) is 15.8. The number of aryl methyl sites for hydroxylation is 1. The zero-order chi connectivity index (χ0) is 17.7. The van der Waals surface area contributed by atoms with E-state index in [1.165, 1.54) is 25.7 Å². The van der Waals surface area contributed by atoms with Crippen molar-refractivity contribution >= 4 is 5.91 Å². The first-order chi connectivity index (χ1) is 12.2. The number of piperidine rings is 1. The van der Waals surface area contributed by atoms with E-state index in [9.17, 15) is 4.79 Å². The molecule has 2 aliphatic rings. The molecule has 2 heterocycles. The van der Waals surface area contributed by atoms with Crippen molar-refractivity contribution in [2.75, 3.05) is 13.1 Å². The molecular formula is C19H33N5O. The topological polar surface area (TPSA) is 63.1 Å². The fourth-order valence-electron chi connectivity index (χ4n) is 4.53. The number of nitrogens with zero attached hydrogens (tertiary/aromatic N) is 4. The van der Waals surface area contributed by atoms with E-state index in [0.29, 0.717) is 0 Å². The Morgan fingerprint density at radius 3 is 2.56 bits per heavy atom. The number of carbonyl (C=O) groups excluding carboxylic acids is 1. The third-order valence-electron chi connectivity index (χ3n) is 5.88. The van der Waals surface area contributed by atoms with Crippen molar-refractivity contribution in [3.05, 3.63) is 12.2 Å². The first kappa shape index (κ1) is 18.4. The van der Waals surface area contributed by atoms with Crippen molar-refractivity contribution in [1.29, 1.82) is 0 Å². The van der Waals surface area contributed by atoms with Gasteiger partial charge in [-0.3, -0.25) is 9.69 Å². The molecule has 1 aromatic rings. The van der Waals surface area contributed by atoms with Gasteiger partial charge in [0.2, 0.25) is 5.91 Å². The fraction of sp³-hybridized carbons (Fsp3) is 0.842. The van der Waals surface area contributed by atoms with E-state index in [2.05, 4.69) is 27.2 Å². The SMILES string of the molecule is CCCn1ncnc1C(C)NC(=O)C1(N2CCCCC2)CCCCC1. The first-order valence-corrected chi connectivity index (χ1v) is 10.1. The van der Waals surface area contributed by atoms with Crippen molar-refractivity contribution in [2.24, 2.45) is 0 Å². The number of rotatable bonds is 6. The fourth-order valence-corrected chi connectivity index (χ4v) is 4.53. The maximum atomic E-state index is 13.4. The molecule has 1 aromatic heterocycles. The third-order valence-corrected chi connectivity index (χ3v) is 5.88. The van der Waals surface area contributed by atoms with Gasteiger partial charge in [0.1, 0.15) is 17.7 Å². The highest BCUT2D eigenvalue weighted by molar-refractivity contribution is 5.86. The normalized spacial score (nSPS) is 22.5. The molecule has 0 radical (unpaired) electrons. The molecule has 25 heavy (non-hydrogen) atoms. The molecule has 6 heteroatoms. The van der Waals surface area contributed by atoms with Gasteiger partial charge < -0.3 is 5.32 Å². The van der Waals surface area contributed by atoms with E-state index in [1.54, 1.807) is 6.33 Å². The molecule has 0 aromatic carbocycles. The van der Waals surface area contributed by atoms with Crippen molar-refractivity contribution in [3.63, 3.8) is 0 Å². The molecule has 1 aliphatic heterocycles. The van der Waals surface area contributed by atoms with Gasteiger partial charge in [0.25, 0.3) is 0 Å². The molecule has 1 aliphatic carbocycles. The van der Waals surface area contributed by atoms with Crippen LogP contribution in [0, 0.1) is 0 Å². The lowest BCUT2D eigenvalue weighted by Crippen LogP contribution is -2.61. The summed E-state index contributed by atoms with van der Waals surface area (Å²) in [6.07, 6.45) is 11.9. The van der Waals surface area contributed by atoms with Gasteiger partial charge in [0.05, 0.1) is 6.04 Å². The lowest BCUT2D eigenvalue weighted by molar-refractivity contribution is -0.138. The molecule has 1 amide bonds. The standard InChI is InChI=1S/C19H33N5O/c1-3-12-24-17(20-15-21-24)16(2)22-18(25)19(10-6-4-7-11-19)23-13-8-5-9-14-23/h15-16H,3-14H2,1-2H3,(H,22,25). The third kappa shape index (κ3) is 3.89. The average molecular weight is 348 g/mol. The van der Waals surface area contributed by atoms with Crippen LogP contribution in [0.15, 0.2) is 6.33 Å². The highest BCUT2D eigenvalue weighted by Gasteiger charge is 2.45. The smallest absolute Gasteiger partial charge is 0.241 e. The predicted molar refractivity (Wildman–Crippen MR) is 98.1 cm³/mol. The molecule has 1 saturated heterocycles. The summed E-state index contributed by atoms with van der Waals surface area (Å²) in [6.45, 7) is 7.12. The van der Waals surface area contributed by atoms with Crippen LogP contribution >= 0.6 is 0 Å². The van der Waals surface area contributed by atoms with Gasteiger partial charge in [-0.25, -0.2) is 9.67 Å². The Labute approximate surface area is 151 Å². The number of aromatic nitrogens is 3. The van der Waals surface area contributed by atoms with E-state index < -0.39 is 0 Å². The van der Waals surface area contributed by atoms with E-state index in [0.717, 1.165) is 57.6 Å².